The van der Waals surface area contributed by atoms with Crippen LogP contribution in [0.3, 0.4) is 0 Å². The van der Waals surface area contributed by atoms with Crippen LogP contribution in [0.25, 0.3) is 0 Å². The van der Waals surface area contributed by atoms with Crippen LogP contribution < -0.4 is 0 Å². The molecule has 3 heteroatoms. The molecule has 0 spiro atoms. The molecular weight excluding hydrogens is 208 g/mol. The fourth-order valence-electron chi connectivity index (χ4n) is 2.48. The van der Waals surface area contributed by atoms with Crippen molar-refractivity contribution in [3.05, 3.63) is 0 Å². The SMILES string of the molecule is CCN(CC)C1CCN(CCCCCl)C1. The number of likely N-dealkylation sites (N-methyl/N-ethyl adjacent to an activating group) is 1. The number of likely N-dealkylation sites (tertiary alicyclic amines) is 1. The highest BCUT2D eigenvalue weighted by molar-refractivity contribution is 6.17. The van der Waals surface area contributed by atoms with E-state index < -0.39 is 0 Å². The molecule has 1 atom stereocenters. The third kappa shape index (κ3) is 4.29. The predicted molar refractivity (Wildman–Crippen MR) is 67.7 cm³/mol. The van der Waals surface area contributed by atoms with E-state index in [-0.39, 0.29) is 0 Å². The highest BCUT2D eigenvalue weighted by atomic mass is 35.5. The van der Waals surface area contributed by atoms with Crippen LogP contribution in [0.5, 0.6) is 0 Å². The van der Waals surface area contributed by atoms with Crippen LogP contribution in [0, 0.1) is 0 Å². The molecule has 1 unspecified atom stereocenters. The lowest BCUT2D eigenvalue weighted by Gasteiger charge is -2.26. The fraction of sp³-hybridized carbons (Fsp3) is 1.00. The molecule has 2 nitrogen and oxygen atoms in total. The second-order valence-corrected chi connectivity index (χ2v) is 4.74. The highest BCUT2D eigenvalue weighted by Gasteiger charge is 2.25. The van der Waals surface area contributed by atoms with Crippen LogP contribution in [-0.4, -0.2) is 54.4 Å². The van der Waals surface area contributed by atoms with Gasteiger partial charge in [0.2, 0.25) is 0 Å². The lowest BCUT2D eigenvalue weighted by molar-refractivity contribution is 0.210. The molecule has 1 aliphatic heterocycles. The Kier molecular flexibility index (Phi) is 6.62. The summed E-state index contributed by atoms with van der Waals surface area (Å²) in [6, 6.07) is 0.802. The Morgan fingerprint density at radius 1 is 1.27 bits per heavy atom. The summed E-state index contributed by atoms with van der Waals surface area (Å²) in [6.07, 6.45) is 3.77. The van der Waals surface area contributed by atoms with Gasteiger partial charge < -0.3 is 4.90 Å². The Morgan fingerprint density at radius 2 is 2.00 bits per heavy atom. The number of unbranched alkanes of at least 4 members (excludes halogenated alkanes) is 1. The molecule has 0 aromatic carbocycles. The van der Waals surface area contributed by atoms with Gasteiger partial charge in [-0.25, -0.2) is 0 Å². The summed E-state index contributed by atoms with van der Waals surface area (Å²) in [4.78, 5) is 5.18. The molecule has 0 amide bonds. The summed E-state index contributed by atoms with van der Waals surface area (Å²) in [5.74, 6) is 0.813. The molecular formula is C12H25ClN2. The zero-order chi connectivity index (χ0) is 11.1. The molecule has 0 aromatic rings. The van der Waals surface area contributed by atoms with E-state index in [0.717, 1.165) is 18.3 Å². The van der Waals surface area contributed by atoms with Gasteiger partial charge in [0.1, 0.15) is 0 Å². The van der Waals surface area contributed by atoms with Crippen LogP contribution in [0.15, 0.2) is 0 Å². The molecule has 0 saturated carbocycles. The molecule has 15 heavy (non-hydrogen) atoms. The summed E-state index contributed by atoms with van der Waals surface area (Å²) >= 11 is 5.68. The molecule has 1 fully saturated rings. The van der Waals surface area contributed by atoms with Crippen molar-refractivity contribution in [3.8, 4) is 0 Å². The quantitative estimate of drug-likeness (QED) is 0.492. The van der Waals surface area contributed by atoms with Crippen LogP contribution in [0.1, 0.15) is 33.1 Å². The van der Waals surface area contributed by atoms with Crippen LogP contribution in [0.4, 0.5) is 0 Å². The minimum atomic E-state index is 0.802. The van der Waals surface area contributed by atoms with E-state index in [0.29, 0.717) is 0 Å². The van der Waals surface area contributed by atoms with Crippen molar-refractivity contribution in [1.82, 2.24) is 9.80 Å². The first-order chi connectivity index (χ1) is 7.31. The first-order valence-corrected chi connectivity index (χ1v) is 6.87. The van der Waals surface area contributed by atoms with Gasteiger partial charge in [-0.15, -0.1) is 11.6 Å². The smallest absolute Gasteiger partial charge is 0.0235 e. The maximum absolute atomic E-state index is 5.68. The molecule has 1 saturated heterocycles. The maximum atomic E-state index is 5.68. The molecule has 0 N–H and O–H groups in total. The second kappa shape index (κ2) is 7.48. The van der Waals surface area contributed by atoms with E-state index in [2.05, 4.69) is 23.6 Å². The summed E-state index contributed by atoms with van der Waals surface area (Å²) in [5.41, 5.74) is 0. The largest absolute Gasteiger partial charge is 0.302 e. The van der Waals surface area contributed by atoms with Gasteiger partial charge in [0, 0.05) is 18.5 Å². The average molecular weight is 233 g/mol. The van der Waals surface area contributed by atoms with Gasteiger partial charge in [0.25, 0.3) is 0 Å². The van der Waals surface area contributed by atoms with Gasteiger partial charge in [-0.1, -0.05) is 13.8 Å². The molecule has 1 aliphatic rings. The first kappa shape index (κ1) is 13.3. The molecule has 90 valence electrons. The van der Waals surface area contributed by atoms with Gasteiger partial charge in [0.15, 0.2) is 0 Å². The first-order valence-electron chi connectivity index (χ1n) is 6.34. The Morgan fingerprint density at radius 3 is 2.60 bits per heavy atom. The lowest BCUT2D eigenvalue weighted by Crippen LogP contribution is -2.37. The third-order valence-corrected chi connectivity index (χ3v) is 3.70. The Bertz CT molecular complexity index is 160. The summed E-state index contributed by atoms with van der Waals surface area (Å²) in [6.45, 7) is 10.7. The monoisotopic (exact) mass is 232 g/mol. The predicted octanol–water partition coefficient (Wildman–Crippen LogP) is 2.42. The van der Waals surface area contributed by atoms with Gasteiger partial charge in [-0.05, 0) is 45.4 Å². The minimum absolute atomic E-state index is 0.802. The molecule has 0 aliphatic carbocycles. The fourth-order valence-corrected chi connectivity index (χ4v) is 2.67. The van der Waals surface area contributed by atoms with Crippen LogP contribution >= 0.6 is 11.6 Å². The lowest BCUT2D eigenvalue weighted by atomic mass is 10.2. The number of halogens is 1. The third-order valence-electron chi connectivity index (χ3n) is 3.43. The normalized spacial score (nSPS) is 22.8. The summed E-state index contributed by atoms with van der Waals surface area (Å²) in [5, 5.41) is 0. The van der Waals surface area contributed by atoms with E-state index in [1.807, 2.05) is 0 Å². The highest BCUT2D eigenvalue weighted by Crippen LogP contribution is 2.15. The summed E-state index contributed by atoms with van der Waals surface area (Å²) in [7, 11) is 0. The second-order valence-electron chi connectivity index (χ2n) is 4.36. The van der Waals surface area contributed by atoms with Crippen molar-refractivity contribution >= 4 is 11.6 Å². The van der Waals surface area contributed by atoms with Gasteiger partial charge in [0.05, 0.1) is 0 Å². The average Bonchev–Trinajstić information content (AvgIpc) is 2.69. The zero-order valence-corrected chi connectivity index (χ0v) is 11.0. The van der Waals surface area contributed by atoms with Crippen molar-refractivity contribution in [3.63, 3.8) is 0 Å². The topological polar surface area (TPSA) is 6.48 Å². The maximum Gasteiger partial charge on any atom is 0.0235 e. The van der Waals surface area contributed by atoms with Crippen molar-refractivity contribution in [2.75, 3.05) is 38.6 Å². The van der Waals surface area contributed by atoms with E-state index in [4.69, 9.17) is 11.6 Å². The van der Waals surface area contributed by atoms with E-state index in [1.165, 1.54) is 45.6 Å². The molecule has 1 rings (SSSR count). The van der Waals surface area contributed by atoms with Gasteiger partial charge >= 0.3 is 0 Å². The number of nitrogens with zero attached hydrogens (tertiary/aromatic N) is 2. The molecule has 1 heterocycles. The minimum Gasteiger partial charge on any atom is -0.302 e. The van der Waals surface area contributed by atoms with Crippen LogP contribution in [0.2, 0.25) is 0 Å². The van der Waals surface area contributed by atoms with Crippen molar-refractivity contribution in [1.29, 1.82) is 0 Å². The van der Waals surface area contributed by atoms with E-state index in [1.54, 1.807) is 0 Å². The molecule has 0 bridgehead atoms. The number of hydrogen-bond acceptors (Lipinski definition) is 2. The standard InChI is InChI=1S/C12H25ClN2/c1-3-15(4-2)12-7-10-14(11-12)9-6-5-8-13/h12H,3-11H2,1-2H3. The van der Waals surface area contributed by atoms with Gasteiger partial charge in [-0.3, -0.25) is 4.90 Å². The van der Waals surface area contributed by atoms with E-state index >= 15 is 0 Å². The summed E-state index contributed by atoms with van der Waals surface area (Å²) < 4.78 is 0. The van der Waals surface area contributed by atoms with E-state index in [9.17, 15) is 0 Å². The Hall–Kier alpha value is 0.210. The number of rotatable bonds is 7. The van der Waals surface area contributed by atoms with Crippen molar-refractivity contribution in [2.45, 2.75) is 39.2 Å². The number of hydrogen-bond donors (Lipinski definition) is 0. The van der Waals surface area contributed by atoms with Gasteiger partial charge in [-0.2, -0.15) is 0 Å². The Balaban J connectivity index is 2.19. The Labute approximate surface area is 99.6 Å². The molecule has 0 radical (unpaired) electrons. The van der Waals surface area contributed by atoms with Crippen molar-refractivity contribution in [2.24, 2.45) is 0 Å². The van der Waals surface area contributed by atoms with Crippen LogP contribution in [-0.2, 0) is 0 Å². The molecule has 0 aromatic heterocycles. The zero-order valence-electron chi connectivity index (χ0n) is 10.2. The van der Waals surface area contributed by atoms with Crippen molar-refractivity contribution < 1.29 is 0 Å². The number of alkyl halides is 1.